The highest BCUT2D eigenvalue weighted by molar-refractivity contribution is 7.18. The first-order valence-electron chi connectivity index (χ1n) is 5.78. The van der Waals surface area contributed by atoms with Crippen LogP contribution in [0.25, 0.3) is 16.0 Å². The number of fused-ring (bicyclic) bond motifs is 1. The van der Waals surface area contributed by atoms with E-state index in [0.29, 0.717) is 5.95 Å². The number of anilines is 1. The molecule has 0 radical (unpaired) electrons. The number of imidazole rings is 1. The van der Waals surface area contributed by atoms with E-state index in [2.05, 4.69) is 33.3 Å². The fraction of sp³-hybridized carbons (Fsp3) is 0.250. The average Bonchev–Trinajstić information content (AvgIpc) is 3.05. The molecule has 0 saturated heterocycles. The molecule has 0 aliphatic carbocycles. The molecule has 0 atom stereocenters. The molecule has 0 fully saturated rings. The van der Waals surface area contributed by atoms with Gasteiger partial charge >= 0.3 is 0 Å². The fourth-order valence-electron chi connectivity index (χ4n) is 1.82. The fourth-order valence-corrected chi connectivity index (χ4v) is 2.79. The number of thiophene rings is 1. The smallest absolute Gasteiger partial charge is 0.225 e. The maximum Gasteiger partial charge on any atom is 0.225 e. The van der Waals surface area contributed by atoms with Gasteiger partial charge in [-0.1, -0.05) is 6.92 Å². The van der Waals surface area contributed by atoms with E-state index in [9.17, 15) is 0 Å². The van der Waals surface area contributed by atoms with Crippen molar-refractivity contribution in [1.82, 2.24) is 19.5 Å². The second-order valence-corrected chi connectivity index (χ2v) is 4.99. The first kappa shape index (κ1) is 11.2. The van der Waals surface area contributed by atoms with Crippen LogP contribution in [-0.4, -0.2) is 26.6 Å². The van der Waals surface area contributed by atoms with Gasteiger partial charge in [0.25, 0.3) is 0 Å². The largest absolute Gasteiger partial charge is 0.357 e. The summed E-state index contributed by atoms with van der Waals surface area (Å²) in [5.74, 6) is 1.51. The van der Waals surface area contributed by atoms with Gasteiger partial charge in [0.05, 0.1) is 5.39 Å². The lowest BCUT2D eigenvalue weighted by Gasteiger charge is -2.05. The third kappa shape index (κ3) is 1.74. The van der Waals surface area contributed by atoms with Crippen LogP contribution >= 0.6 is 11.3 Å². The van der Waals surface area contributed by atoms with Gasteiger partial charge in [-0.3, -0.25) is 4.57 Å². The van der Waals surface area contributed by atoms with Crippen molar-refractivity contribution in [1.29, 1.82) is 0 Å². The van der Waals surface area contributed by atoms with E-state index >= 15 is 0 Å². The molecule has 0 aliphatic rings. The molecule has 3 heterocycles. The molecule has 18 heavy (non-hydrogen) atoms. The molecule has 0 aliphatic heterocycles. The van der Waals surface area contributed by atoms with Gasteiger partial charge in [0, 0.05) is 24.3 Å². The summed E-state index contributed by atoms with van der Waals surface area (Å²) in [7, 11) is 1.83. The Balaban J connectivity index is 2.30. The van der Waals surface area contributed by atoms with Crippen LogP contribution in [0, 0.1) is 0 Å². The van der Waals surface area contributed by atoms with E-state index in [1.165, 1.54) is 4.88 Å². The van der Waals surface area contributed by atoms with E-state index < -0.39 is 0 Å². The van der Waals surface area contributed by atoms with Crippen molar-refractivity contribution in [3.8, 4) is 5.82 Å². The molecule has 0 spiro atoms. The standard InChI is InChI=1S/C12H13N5S/c1-3-8-6-9-10(17-5-4-14-7-17)15-12(13-2)16-11(9)18-8/h4-7H,3H2,1-2H3,(H,13,15,16). The number of aromatic nitrogens is 4. The Labute approximate surface area is 109 Å². The molecule has 3 aromatic heterocycles. The maximum absolute atomic E-state index is 4.52. The minimum atomic E-state index is 0.635. The maximum atomic E-state index is 4.52. The molecule has 0 bridgehead atoms. The van der Waals surface area contributed by atoms with Crippen LogP contribution < -0.4 is 5.32 Å². The van der Waals surface area contributed by atoms with Gasteiger partial charge in [-0.2, -0.15) is 4.98 Å². The molecule has 3 aromatic rings. The van der Waals surface area contributed by atoms with E-state index in [1.54, 1.807) is 23.9 Å². The molecule has 0 aromatic carbocycles. The molecular weight excluding hydrogens is 246 g/mol. The van der Waals surface area contributed by atoms with Gasteiger partial charge in [-0.15, -0.1) is 11.3 Å². The zero-order chi connectivity index (χ0) is 12.5. The Morgan fingerprint density at radius 2 is 2.28 bits per heavy atom. The van der Waals surface area contributed by atoms with Gasteiger partial charge in [-0.25, -0.2) is 9.97 Å². The van der Waals surface area contributed by atoms with Crippen molar-refractivity contribution < 1.29 is 0 Å². The third-order valence-electron chi connectivity index (χ3n) is 2.74. The number of hydrogen-bond acceptors (Lipinski definition) is 5. The summed E-state index contributed by atoms with van der Waals surface area (Å²) in [5, 5.41) is 4.08. The van der Waals surface area contributed by atoms with Crippen molar-refractivity contribution >= 4 is 27.5 Å². The van der Waals surface area contributed by atoms with Crippen molar-refractivity contribution in [3.63, 3.8) is 0 Å². The highest BCUT2D eigenvalue weighted by atomic mass is 32.1. The second-order valence-electron chi connectivity index (χ2n) is 3.88. The molecule has 0 amide bonds. The molecule has 0 saturated carbocycles. The molecule has 92 valence electrons. The number of nitrogens with one attached hydrogen (secondary N) is 1. The lowest BCUT2D eigenvalue weighted by Crippen LogP contribution is -2.01. The molecule has 0 unspecified atom stereocenters. The molecular formula is C12H13N5S. The minimum Gasteiger partial charge on any atom is -0.357 e. The van der Waals surface area contributed by atoms with Gasteiger partial charge in [0.1, 0.15) is 11.2 Å². The number of aryl methyl sites for hydroxylation is 1. The Kier molecular flexibility index (Phi) is 2.71. The van der Waals surface area contributed by atoms with Crippen molar-refractivity contribution in [2.45, 2.75) is 13.3 Å². The topological polar surface area (TPSA) is 55.6 Å². The predicted molar refractivity (Wildman–Crippen MR) is 73.5 cm³/mol. The first-order chi connectivity index (χ1) is 8.81. The minimum absolute atomic E-state index is 0.635. The predicted octanol–water partition coefficient (Wildman–Crippen LogP) is 2.48. The summed E-state index contributed by atoms with van der Waals surface area (Å²) in [5.41, 5.74) is 0. The van der Waals surface area contributed by atoms with Crippen molar-refractivity contribution in [3.05, 3.63) is 29.7 Å². The van der Waals surface area contributed by atoms with Gasteiger partial charge in [-0.05, 0) is 12.5 Å². The summed E-state index contributed by atoms with van der Waals surface area (Å²) in [4.78, 5) is 15.4. The highest BCUT2D eigenvalue weighted by Crippen LogP contribution is 2.29. The third-order valence-corrected chi connectivity index (χ3v) is 3.92. The van der Waals surface area contributed by atoms with E-state index in [0.717, 1.165) is 22.5 Å². The van der Waals surface area contributed by atoms with Gasteiger partial charge in [0.2, 0.25) is 5.95 Å². The Bertz CT molecular complexity index is 671. The van der Waals surface area contributed by atoms with Crippen LogP contribution in [0.5, 0.6) is 0 Å². The molecule has 1 N–H and O–H groups in total. The second kappa shape index (κ2) is 4.38. The van der Waals surface area contributed by atoms with Crippen molar-refractivity contribution in [2.24, 2.45) is 0 Å². The van der Waals surface area contributed by atoms with Crippen LogP contribution in [0.3, 0.4) is 0 Å². The Hall–Kier alpha value is -1.95. The number of rotatable bonds is 3. The first-order valence-corrected chi connectivity index (χ1v) is 6.60. The summed E-state index contributed by atoms with van der Waals surface area (Å²) in [6.07, 6.45) is 6.41. The average molecular weight is 259 g/mol. The Morgan fingerprint density at radius 3 is 2.94 bits per heavy atom. The normalized spacial score (nSPS) is 11.0. The van der Waals surface area contributed by atoms with Crippen LogP contribution in [-0.2, 0) is 6.42 Å². The van der Waals surface area contributed by atoms with Crippen LogP contribution in [0.1, 0.15) is 11.8 Å². The number of hydrogen-bond donors (Lipinski definition) is 1. The van der Waals surface area contributed by atoms with Gasteiger partial charge < -0.3 is 5.32 Å². The summed E-state index contributed by atoms with van der Waals surface area (Å²) in [6.45, 7) is 2.15. The molecule has 5 nitrogen and oxygen atoms in total. The molecule has 3 rings (SSSR count). The van der Waals surface area contributed by atoms with E-state index in [-0.39, 0.29) is 0 Å². The summed E-state index contributed by atoms with van der Waals surface area (Å²) in [6, 6.07) is 2.16. The zero-order valence-corrected chi connectivity index (χ0v) is 11.0. The number of nitrogens with zero attached hydrogens (tertiary/aromatic N) is 4. The lowest BCUT2D eigenvalue weighted by atomic mass is 10.3. The van der Waals surface area contributed by atoms with Crippen LogP contribution in [0.4, 0.5) is 5.95 Å². The lowest BCUT2D eigenvalue weighted by molar-refractivity contribution is 0.995. The summed E-state index contributed by atoms with van der Waals surface area (Å²) < 4.78 is 1.91. The van der Waals surface area contributed by atoms with Crippen molar-refractivity contribution in [2.75, 3.05) is 12.4 Å². The van der Waals surface area contributed by atoms with E-state index in [4.69, 9.17) is 0 Å². The van der Waals surface area contributed by atoms with Gasteiger partial charge in [0.15, 0.2) is 5.82 Å². The molecule has 6 heteroatoms. The monoisotopic (exact) mass is 259 g/mol. The SMILES string of the molecule is CCc1cc2c(-n3ccnc3)nc(NC)nc2s1. The zero-order valence-electron chi connectivity index (χ0n) is 10.2. The highest BCUT2D eigenvalue weighted by Gasteiger charge is 2.11. The summed E-state index contributed by atoms with van der Waals surface area (Å²) >= 11 is 1.71. The van der Waals surface area contributed by atoms with E-state index in [1.807, 2.05) is 17.8 Å². The van der Waals surface area contributed by atoms with Crippen LogP contribution in [0.2, 0.25) is 0 Å². The quantitative estimate of drug-likeness (QED) is 0.785. The van der Waals surface area contributed by atoms with Crippen LogP contribution in [0.15, 0.2) is 24.8 Å². The Morgan fingerprint density at radius 1 is 1.39 bits per heavy atom.